The van der Waals surface area contributed by atoms with Crippen LogP contribution in [0.3, 0.4) is 0 Å². The monoisotopic (exact) mass is 298 g/mol. The third kappa shape index (κ3) is 3.73. The minimum Gasteiger partial charge on any atom is -0.373 e. The third-order valence-corrected chi connectivity index (χ3v) is 3.06. The first-order chi connectivity index (χ1) is 7.95. The Labute approximate surface area is 111 Å². The van der Waals surface area contributed by atoms with Crippen LogP contribution in [-0.2, 0) is 4.79 Å². The molecule has 1 rings (SSSR count). The highest BCUT2D eigenvalue weighted by molar-refractivity contribution is 9.10. The normalized spacial score (nSPS) is 12.1. The first kappa shape index (κ1) is 14.0. The second kappa shape index (κ2) is 6.05. The number of amides is 1. The molecule has 1 atom stereocenters. The SMILES string of the molecule is CCNC(=O)C(C)Nc1c(C)cc(Br)cc1C. The van der Waals surface area contributed by atoms with Crippen LogP contribution in [0.15, 0.2) is 16.6 Å². The fourth-order valence-electron chi connectivity index (χ4n) is 1.75. The van der Waals surface area contributed by atoms with Gasteiger partial charge in [-0.25, -0.2) is 0 Å². The summed E-state index contributed by atoms with van der Waals surface area (Å²) < 4.78 is 1.06. The number of nitrogens with one attached hydrogen (secondary N) is 2. The predicted molar refractivity (Wildman–Crippen MR) is 75.4 cm³/mol. The molecule has 4 heteroatoms. The van der Waals surface area contributed by atoms with Gasteiger partial charge >= 0.3 is 0 Å². The smallest absolute Gasteiger partial charge is 0.242 e. The summed E-state index contributed by atoms with van der Waals surface area (Å²) in [6.45, 7) is 8.50. The molecule has 0 bridgehead atoms. The van der Waals surface area contributed by atoms with Crippen molar-refractivity contribution in [1.82, 2.24) is 5.32 Å². The number of carbonyl (C=O) groups is 1. The molecule has 3 nitrogen and oxygen atoms in total. The fourth-order valence-corrected chi connectivity index (χ4v) is 2.43. The lowest BCUT2D eigenvalue weighted by atomic mass is 10.1. The van der Waals surface area contributed by atoms with Crippen LogP contribution in [0.2, 0.25) is 0 Å². The van der Waals surface area contributed by atoms with Crippen LogP contribution in [0.1, 0.15) is 25.0 Å². The Kier molecular flexibility index (Phi) is 5.00. The van der Waals surface area contributed by atoms with E-state index in [0.717, 1.165) is 21.3 Å². The molecular weight excluding hydrogens is 280 g/mol. The minimum atomic E-state index is -0.228. The van der Waals surface area contributed by atoms with E-state index in [1.54, 1.807) is 0 Å². The first-order valence-corrected chi connectivity index (χ1v) is 6.56. The molecule has 0 saturated heterocycles. The number of hydrogen-bond acceptors (Lipinski definition) is 2. The predicted octanol–water partition coefficient (Wildman–Crippen LogP) is 3.00. The molecule has 0 aliphatic heterocycles. The summed E-state index contributed by atoms with van der Waals surface area (Å²) in [4.78, 5) is 11.7. The van der Waals surface area contributed by atoms with E-state index in [2.05, 4.69) is 26.6 Å². The number of aryl methyl sites for hydroxylation is 2. The highest BCUT2D eigenvalue weighted by atomic mass is 79.9. The van der Waals surface area contributed by atoms with Crippen LogP contribution in [0.25, 0.3) is 0 Å². The average molecular weight is 299 g/mol. The van der Waals surface area contributed by atoms with Gasteiger partial charge in [0.15, 0.2) is 0 Å². The molecule has 0 saturated carbocycles. The Morgan fingerprint density at radius 1 is 1.35 bits per heavy atom. The lowest BCUT2D eigenvalue weighted by Crippen LogP contribution is -2.37. The second-order valence-electron chi connectivity index (χ2n) is 4.18. The van der Waals surface area contributed by atoms with E-state index in [9.17, 15) is 4.79 Å². The molecule has 1 unspecified atom stereocenters. The number of anilines is 1. The van der Waals surface area contributed by atoms with Gasteiger partial charge in [-0.3, -0.25) is 4.79 Å². The Balaban J connectivity index is 2.85. The molecule has 0 fully saturated rings. The van der Waals surface area contributed by atoms with Crippen LogP contribution in [0.5, 0.6) is 0 Å². The van der Waals surface area contributed by atoms with Crippen LogP contribution in [0, 0.1) is 13.8 Å². The zero-order valence-corrected chi connectivity index (χ0v) is 12.3. The van der Waals surface area contributed by atoms with Gasteiger partial charge < -0.3 is 10.6 Å². The highest BCUT2D eigenvalue weighted by Crippen LogP contribution is 2.25. The summed E-state index contributed by atoms with van der Waals surface area (Å²) in [6, 6.07) is 3.85. The van der Waals surface area contributed by atoms with Crippen molar-refractivity contribution in [3.63, 3.8) is 0 Å². The number of likely N-dealkylation sites (N-methyl/N-ethyl adjacent to an activating group) is 1. The Bertz CT molecular complexity index is 395. The summed E-state index contributed by atoms with van der Waals surface area (Å²) in [5.74, 6) is 0.0224. The fraction of sp³-hybridized carbons (Fsp3) is 0.462. The topological polar surface area (TPSA) is 41.1 Å². The third-order valence-electron chi connectivity index (χ3n) is 2.60. The quantitative estimate of drug-likeness (QED) is 0.897. The van der Waals surface area contributed by atoms with Gasteiger partial charge in [0.2, 0.25) is 5.91 Å². The maximum Gasteiger partial charge on any atom is 0.242 e. The molecule has 94 valence electrons. The van der Waals surface area contributed by atoms with Crippen molar-refractivity contribution >= 4 is 27.5 Å². The zero-order chi connectivity index (χ0) is 13.0. The molecule has 0 heterocycles. The van der Waals surface area contributed by atoms with Crippen LogP contribution < -0.4 is 10.6 Å². The molecule has 1 aromatic rings. The number of rotatable bonds is 4. The summed E-state index contributed by atoms with van der Waals surface area (Å²) in [6.07, 6.45) is 0. The van der Waals surface area contributed by atoms with E-state index in [1.165, 1.54) is 0 Å². The summed E-state index contributed by atoms with van der Waals surface area (Å²) in [7, 11) is 0. The number of benzene rings is 1. The molecule has 0 aliphatic carbocycles. The van der Waals surface area contributed by atoms with Crippen molar-refractivity contribution in [1.29, 1.82) is 0 Å². The van der Waals surface area contributed by atoms with E-state index >= 15 is 0 Å². The molecule has 1 aromatic carbocycles. The van der Waals surface area contributed by atoms with Gasteiger partial charge in [-0.05, 0) is 51.0 Å². The maximum atomic E-state index is 11.7. The summed E-state index contributed by atoms with van der Waals surface area (Å²) >= 11 is 3.46. The van der Waals surface area contributed by atoms with E-state index in [0.29, 0.717) is 6.54 Å². The molecule has 0 spiro atoms. The van der Waals surface area contributed by atoms with Gasteiger partial charge in [-0.2, -0.15) is 0 Å². The molecule has 0 aromatic heterocycles. The van der Waals surface area contributed by atoms with Crippen molar-refractivity contribution in [2.45, 2.75) is 33.7 Å². The minimum absolute atomic E-state index is 0.0224. The Morgan fingerprint density at radius 2 is 1.88 bits per heavy atom. The van der Waals surface area contributed by atoms with Crippen LogP contribution in [-0.4, -0.2) is 18.5 Å². The van der Waals surface area contributed by atoms with Crippen molar-refractivity contribution < 1.29 is 4.79 Å². The van der Waals surface area contributed by atoms with Gasteiger partial charge in [0.1, 0.15) is 6.04 Å². The number of halogens is 1. The second-order valence-corrected chi connectivity index (χ2v) is 5.09. The molecule has 17 heavy (non-hydrogen) atoms. The van der Waals surface area contributed by atoms with Gasteiger partial charge in [0, 0.05) is 16.7 Å². The van der Waals surface area contributed by atoms with Crippen molar-refractivity contribution in [2.75, 3.05) is 11.9 Å². The molecule has 1 amide bonds. The lowest BCUT2D eigenvalue weighted by molar-refractivity contribution is -0.121. The Morgan fingerprint density at radius 3 is 2.35 bits per heavy atom. The van der Waals surface area contributed by atoms with Gasteiger partial charge in [-0.1, -0.05) is 15.9 Å². The van der Waals surface area contributed by atoms with E-state index in [1.807, 2.05) is 39.8 Å². The van der Waals surface area contributed by atoms with Gasteiger partial charge in [0.05, 0.1) is 0 Å². The molecule has 2 N–H and O–H groups in total. The molecule has 0 aliphatic rings. The maximum absolute atomic E-state index is 11.7. The number of carbonyl (C=O) groups excluding carboxylic acids is 1. The lowest BCUT2D eigenvalue weighted by Gasteiger charge is -2.18. The standard InChI is InChI=1S/C13H19BrN2O/c1-5-15-13(17)10(4)16-12-8(2)6-11(14)7-9(12)3/h6-7,10,16H,5H2,1-4H3,(H,15,17). The van der Waals surface area contributed by atoms with Crippen molar-refractivity contribution in [2.24, 2.45) is 0 Å². The van der Waals surface area contributed by atoms with Gasteiger partial charge in [0.25, 0.3) is 0 Å². The van der Waals surface area contributed by atoms with Crippen LogP contribution in [0.4, 0.5) is 5.69 Å². The largest absolute Gasteiger partial charge is 0.373 e. The summed E-state index contributed by atoms with van der Waals surface area (Å²) in [5.41, 5.74) is 3.30. The van der Waals surface area contributed by atoms with Crippen LogP contribution >= 0.6 is 15.9 Å². The molecule has 0 radical (unpaired) electrons. The number of hydrogen-bond donors (Lipinski definition) is 2. The van der Waals surface area contributed by atoms with Gasteiger partial charge in [-0.15, -0.1) is 0 Å². The first-order valence-electron chi connectivity index (χ1n) is 5.76. The highest BCUT2D eigenvalue weighted by Gasteiger charge is 2.13. The van der Waals surface area contributed by atoms with E-state index in [-0.39, 0.29) is 11.9 Å². The molecular formula is C13H19BrN2O. The van der Waals surface area contributed by atoms with E-state index < -0.39 is 0 Å². The zero-order valence-electron chi connectivity index (χ0n) is 10.7. The Hall–Kier alpha value is -1.03. The summed E-state index contributed by atoms with van der Waals surface area (Å²) in [5, 5.41) is 6.06. The van der Waals surface area contributed by atoms with E-state index in [4.69, 9.17) is 0 Å². The van der Waals surface area contributed by atoms with Crippen molar-refractivity contribution in [3.05, 3.63) is 27.7 Å². The average Bonchev–Trinajstić information content (AvgIpc) is 2.23. The van der Waals surface area contributed by atoms with Crippen molar-refractivity contribution in [3.8, 4) is 0 Å².